The van der Waals surface area contributed by atoms with Gasteiger partial charge in [-0.15, -0.1) is 0 Å². The topological polar surface area (TPSA) is 26.3 Å². The lowest BCUT2D eigenvalue weighted by molar-refractivity contribution is -0.175. The van der Waals surface area contributed by atoms with Crippen LogP contribution >= 0.6 is 0 Å². The van der Waals surface area contributed by atoms with Crippen molar-refractivity contribution in [3.8, 4) is 0 Å². The van der Waals surface area contributed by atoms with Crippen molar-refractivity contribution in [3.63, 3.8) is 0 Å². The van der Waals surface area contributed by atoms with E-state index in [-0.39, 0.29) is 16.8 Å². The van der Waals surface area contributed by atoms with Crippen molar-refractivity contribution in [1.29, 1.82) is 0 Å². The number of hydrogen-bond donors (Lipinski definition) is 0. The predicted molar refractivity (Wildman–Crippen MR) is 150 cm³/mol. The van der Waals surface area contributed by atoms with Crippen LogP contribution in [0.15, 0.2) is 0 Å². The van der Waals surface area contributed by atoms with Gasteiger partial charge in [0.05, 0.1) is 12.0 Å². The van der Waals surface area contributed by atoms with Gasteiger partial charge in [-0.25, -0.2) is 0 Å². The van der Waals surface area contributed by atoms with Crippen LogP contribution < -0.4 is 0 Å². The molecule has 3 fully saturated rings. The Morgan fingerprint density at radius 1 is 0.629 bits per heavy atom. The van der Waals surface area contributed by atoms with Crippen molar-refractivity contribution in [3.05, 3.63) is 0 Å². The summed E-state index contributed by atoms with van der Waals surface area (Å²) >= 11 is 0. The second kappa shape index (κ2) is 15.7. The molecule has 2 heteroatoms. The van der Waals surface area contributed by atoms with Gasteiger partial charge < -0.3 is 4.74 Å². The van der Waals surface area contributed by atoms with E-state index in [1.165, 1.54) is 141 Å². The quantitative estimate of drug-likeness (QED) is 0.169. The molecule has 0 saturated heterocycles. The smallest absolute Gasteiger partial charge is 0.312 e. The average molecular weight is 489 g/mol. The lowest BCUT2D eigenvalue weighted by atomic mass is 9.49. The summed E-state index contributed by atoms with van der Waals surface area (Å²) < 4.78 is 6.19. The molecule has 0 aromatic heterocycles. The minimum absolute atomic E-state index is 0.184. The Kier molecular flexibility index (Phi) is 13.0. The molecule has 35 heavy (non-hydrogen) atoms. The highest BCUT2D eigenvalue weighted by Crippen LogP contribution is 2.61. The van der Waals surface area contributed by atoms with E-state index < -0.39 is 0 Å². The zero-order chi connectivity index (χ0) is 24.8. The number of ether oxygens (including phenoxy) is 1. The summed E-state index contributed by atoms with van der Waals surface area (Å²) in [6, 6.07) is 0. The summed E-state index contributed by atoms with van der Waals surface area (Å²) in [6.45, 7) is 5.22. The number of esters is 1. The van der Waals surface area contributed by atoms with E-state index in [4.69, 9.17) is 4.74 Å². The zero-order valence-electron chi connectivity index (χ0n) is 23.9. The molecular weight excluding hydrogens is 428 g/mol. The number of carbonyl (C=O) groups excluding carboxylic acids is 1. The summed E-state index contributed by atoms with van der Waals surface area (Å²) in [5.41, 5.74) is 0.0288. The average Bonchev–Trinajstić information content (AvgIpc) is 2.91. The number of rotatable bonds is 15. The first-order valence-corrected chi connectivity index (χ1v) is 16.3. The Morgan fingerprint density at radius 2 is 1.17 bits per heavy atom. The molecule has 3 rings (SSSR count). The van der Waals surface area contributed by atoms with Gasteiger partial charge in [0.15, 0.2) is 0 Å². The molecule has 0 amide bonds. The third-order valence-corrected chi connectivity index (χ3v) is 10.7. The summed E-state index contributed by atoms with van der Waals surface area (Å²) in [7, 11) is 0. The predicted octanol–water partition coefficient (Wildman–Crippen LogP) is 10.6. The second-order valence-electron chi connectivity index (χ2n) is 12.9. The maximum atomic E-state index is 14.0. The van der Waals surface area contributed by atoms with Gasteiger partial charge in [0.1, 0.15) is 0 Å². The van der Waals surface area contributed by atoms with E-state index in [9.17, 15) is 4.79 Å². The van der Waals surface area contributed by atoms with E-state index in [0.717, 1.165) is 31.1 Å². The van der Waals surface area contributed by atoms with Crippen LogP contribution in [0.4, 0.5) is 0 Å². The molecule has 3 aliphatic carbocycles. The SMILES string of the molecule is CCCCCCCOC(=O)C1(C2(CCCCCCC)CCC(C3CCCCC3)CC2)CCCCC1. The monoisotopic (exact) mass is 488 g/mol. The number of hydrogen-bond acceptors (Lipinski definition) is 2. The Bertz CT molecular complexity index is 562. The largest absolute Gasteiger partial charge is 0.465 e. The van der Waals surface area contributed by atoms with Gasteiger partial charge in [0, 0.05) is 0 Å². The van der Waals surface area contributed by atoms with Crippen LogP contribution in [0.2, 0.25) is 0 Å². The normalized spacial score (nSPS) is 27.5. The van der Waals surface area contributed by atoms with Crippen LogP contribution in [-0.2, 0) is 9.53 Å². The van der Waals surface area contributed by atoms with Crippen LogP contribution in [0.5, 0.6) is 0 Å². The first-order chi connectivity index (χ1) is 17.2. The van der Waals surface area contributed by atoms with Crippen molar-refractivity contribution in [2.45, 2.75) is 174 Å². The molecule has 0 aliphatic heterocycles. The minimum Gasteiger partial charge on any atom is -0.465 e. The van der Waals surface area contributed by atoms with Crippen LogP contribution in [0.3, 0.4) is 0 Å². The molecule has 0 spiro atoms. The highest BCUT2D eigenvalue weighted by atomic mass is 16.5. The molecule has 3 saturated carbocycles. The summed E-state index contributed by atoms with van der Waals surface area (Å²) in [4.78, 5) is 14.0. The van der Waals surface area contributed by atoms with Gasteiger partial charge in [0.25, 0.3) is 0 Å². The lowest BCUT2D eigenvalue weighted by Gasteiger charge is -2.55. The van der Waals surface area contributed by atoms with Crippen LogP contribution in [0, 0.1) is 22.7 Å². The maximum absolute atomic E-state index is 14.0. The Hall–Kier alpha value is -0.530. The van der Waals surface area contributed by atoms with Crippen LogP contribution in [0.25, 0.3) is 0 Å². The van der Waals surface area contributed by atoms with E-state index in [1.807, 2.05) is 0 Å². The first kappa shape index (κ1) is 29.0. The third-order valence-electron chi connectivity index (χ3n) is 10.7. The molecule has 3 aliphatic rings. The molecule has 204 valence electrons. The van der Waals surface area contributed by atoms with Crippen molar-refractivity contribution in [2.75, 3.05) is 6.61 Å². The van der Waals surface area contributed by atoms with Gasteiger partial charge in [-0.2, -0.15) is 0 Å². The molecule has 2 nitrogen and oxygen atoms in total. The van der Waals surface area contributed by atoms with E-state index in [1.54, 1.807) is 0 Å². The fourth-order valence-electron chi connectivity index (χ4n) is 8.42. The van der Waals surface area contributed by atoms with Crippen LogP contribution in [-0.4, -0.2) is 12.6 Å². The van der Waals surface area contributed by atoms with Gasteiger partial charge in [-0.05, 0) is 68.6 Å². The highest BCUT2D eigenvalue weighted by molar-refractivity contribution is 5.78. The van der Waals surface area contributed by atoms with E-state index in [2.05, 4.69) is 13.8 Å². The zero-order valence-corrected chi connectivity index (χ0v) is 23.9. The van der Waals surface area contributed by atoms with Gasteiger partial charge in [0.2, 0.25) is 0 Å². The van der Waals surface area contributed by atoms with Crippen LogP contribution in [0.1, 0.15) is 174 Å². The molecule has 0 atom stereocenters. The first-order valence-electron chi connectivity index (χ1n) is 16.3. The summed E-state index contributed by atoms with van der Waals surface area (Å²) in [5, 5.41) is 0. The Morgan fingerprint density at radius 3 is 1.80 bits per heavy atom. The van der Waals surface area contributed by atoms with Gasteiger partial charge in [-0.3, -0.25) is 4.79 Å². The van der Waals surface area contributed by atoms with Crippen molar-refractivity contribution in [1.82, 2.24) is 0 Å². The second-order valence-corrected chi connectivity index (χ2v) is 12.9. The van der Waals surface area contributed by atoms with E-state index in [0.29, 0.717) is 6.61 Å². The summed E-state index contributed by atoms with van der Waals surface area (Å²) in [5.74, 6) is 2.12. The molecule has 0 heterocycles. The molecule has 0 aromatic carbocycles. The summed E-state index contributed by atoms with van der Waals surface area (Å²) in [6.07, 6.45) is 32.8. The van der Waals surface area contributed by atoms with Gasteiger partial charge in [-0.1, -0.05) is 123 Å². The molecular formula is C33H60O2. The van der Waals surface area contributed by atoms with Crippen molar-refractivity contribution >= 4 is 5.97 Å². The maximum Gasteiger partial charge on any atom is 0.312 e. The minimum atomic E-state index is -0.184. The fraction of sp³-hybridized carbons (Fsp3) is 0.970. The van der Waals surface area contributed by atoms with Gasteiger partial charge >= 0.3 is 5.97 Å². The van der Waals surface area contributed by atoms with Crippen molar-refractivity contribution in [2.24, 2.45) is 22.7 Å². The highest BCUT2D eigenvalue weighted by Gasteiger charge is 2.57. The third kappa shape index (κ3) is 7.98. The van der Waals surface area contributed by atoms with E-state index >= 15 is 0 Å². The number of carbonyl (C=O) groups is 1. The van der Waals surface area contributed by atoms with Crippen molar-refractivity contribution < 1.29 is 9.53 Å². The molecule has 0 radical (unpaired) electrons. The Balaban J connectivity index is 1.69. The standard InChI is InChI=1S/C33H60O2/c1-3-5-7-9-15-23-32(26-21-30(22-27-32)29-19-13-11-14-20-29)33(24-16-12-17-25-33)31(34)35-28-18-10-8-6-4-2/h29-30H,3-28H2,1-2H3. The molecule has 0 bridgehead atoms. The fourth-order valence-corrected chi connectivity index (χ4v) is 8.42. The molecule has 0 aromatic rings. The Labute approximate surface area is 219 Å². The number of unbranched alkanes of at least 4 members (excludes halogenated alkanes) is 8. The molecule has 0 unspecified atom stereocenters. The lowest BCUT2D eigenvalue weighted by Crippen LogP contribution is -2.52. The molecule has 0 N–H and O–H groups in total.